The Morgan fingerprint density at radius 1 is 1.37 bits per heavy atom. The van der Waals surface area contributed by atoms with Crippen molar-refractivity contribution in [3.8, 4) is 11.3 Å². The molecule has 0 amide bonds. The van der Waals surface area contributed by atoms with E-state index in [2.05, 4.69) is 29.4 Å². The lowest BCUT2D eigenvalue weighted by atomic mass is 10.1. The minimum absolute atomic E-state index is 0.303. The zero-order valence-electron chi connectivity index (χ0n) is 17.7. The number of allylic oxidation sites excluding steroid dienone is 1. The molecule has 2 atom stereocenters. The standard InChI is InChI=1S/C20H28N8OS/c1-5-15(2)27-13-17(12-24-27)20-19-6-7-23-28(19)14-18(25-20)16(10-21)11-22-8-9-30(29)26(3)4/h6-7,10-15,21-22H,5,8-9H2,1-4H3/b16-11+,21-10?. The third-order valence-electron chi connectivity index (χ3n) is 4.84. The molecule has 3 aromatic heterocycles. The number of nitrogens with one attached hydrogen (secondary N) is 2. The van der Waals surface area contributed by atoms with Gasteiger partial charge in [-0.05, 0) is 19.4 Å². The summed E-state index contributed by atoms with van der Waals surface area (Å²) in [5.74, 6) is 0.487. The van der Waals surface area contributed by atoms with E-state index in [-0.39, 0.29) is 0 Å². The molecule has 30 heavy (non-hydrogen) atoms. The third-order valence-corrected chi connectivity index (χ3v) is 6.21. The molecule has 0 aromatic carbocycles. The van der Waals surface area contributed by atoms with Gasteiger partial charge in [-0.15, -0.1) is 4.31 Å². The molecule has 3 heterocycles. The van der Waals surface area contributed by atoms with Gasteiger partial charge < -0.3 is 15.3 Å². The summed E-state index contributed by atoms with van der Waals surface area (Å²) >= 11 is -1.03. The molecule has 2 unspecified atom stereocenters. The zero-order chi connectivity index (χ0) is 21.7. The highest BCUT2D eigenvalue weighted by Gasteiger charge is 2.14. The Bertz CT molecular complexity index is 1020. The van der Waals surface area contributed by atoms with Crippen LogP contribution in [-0.4, -0.2) is 65.8 Å². The van der Waals surface area contributed by atoms with E-state index in [0.29, 0.717) is 29.6 Å². The quantitative estimate of drug-likeness (QED) is 0.291. The van der Waals surface area contributed by atoms with Crippen LogP contribution in [0.2, 0.25) is 0 Å². The zero-order valence-corrected chi connectivity index (χ0v) is 18.6. The van der Waals surface area contributed by atoms with Crippen molar-refractivity contribution in [3.05, 3.63) is 42.7 Å². The highest BCUT2D eigenvalue weighted by Crippen LogP contribution is 2.25. The minimum Gasteiger partial charge on any atom is -0.598 e. The Morgan fingerprint density at radius 3 is 2.87 bits per heavy atom. The number of fused-ring (bicyclic) bond motifs is 1. The van der Waals surface area contributed by atoms with Gasteiger partial charge in [0, 0.05) is 61.2 Å². The monoisotopic (exact) mass is 428 g/mol. The smallest absolute Gasteiger partial charge is 0.142 e. The molecule has 0 saturated heterocycles. The maximum Gasteiger partial charge on any atom is 0.142 e. The van der Waals surface area contributed by atoms with Crippen LogP contribution in [0.25, 0.3) is 22.3 Å². The number of nitrogens with zero attached hydrogens (tertiary/aromatic N) is 6. The van der Waals surface area contributed by atoms with Crippen molar-refractivity contribution >= 4 is 28.7 Å². The molecule has 9 nitrogen and oxygen atoms in total. The van der Waals surface area contributed by atoms with Gasteiger partial charge in [-0.1, -0.05) is 6.92 Å². The summed E-state index contributed by atoms with van der Waals surface area (Å²) in [6.45, 7) is 4.78. The maximum absolute atomic E-state index is 11.8. The van der Waals surface area contributed by atoms with Crippen molar-refractivity contribution in [2.45, 2.75) is 26.3 Å². The predicted molar refractivity (Wildman–Crippen MR) is 121 cm³/mol. The molecule has 0 aliphatic rings. The molecule has 160 valence electrons. The third kappa shape index (κ3) is 4.89. The Morgan fingerprint density at radius 2 is 2.17 bits per heavy atom. The van der Waals surface area contributed by atoms with Crippen LogP contribution in [0.15, 0.2) is 37.1 Å². The molecule has 0 spiro atoms. The van der Waals surface area contributed by atoms with Crippen LogP contribution >= 0.6 is 0 Å². The SMILES string of the molecule is CCC(C)n1cc(-c2nc(/C(C=N)=C/NCC[S+]([O-])N(C)C)cn3nccc23)cn1. The molecule has 3 aromatic rings. The minimum atomic E-state index is -1.03. The first kappa shape index (κ1) is 22.0. The van der Waals surface area contributed by atoms with Gasteiger partial charge in [-0.2, -0.15) is 10.2 Å². The fourth-order valence-corrected chi connectivity index (χ4v) is 3.53. The number of hydrogen-bond donors (Lipinski definition) is 2. The van der Waals surface area contributed by atoms with Crippen LogP contribution in [0.3, 0.4) is 0 Å². The van der Waals surface area contributed by atoms with Crippen LogP contribution in [0.4, 0.5) is 0 Å². The summed E-state index contributed by atoms with van der Waals surface area (Å²) in [4.78, 5) is 4.81. The van der Waals surface area contributed by atoms with Crippen molar-refractivity contribution in [1.29, 1.82) is 5.41 Å². The van der Waals surface area contributed by atoms with E-state index < -0.39 is 11.4 Å². The van der Waals surface area contributed by atoms with Crippen molar-refractivity contribution in [1.82, 2.24) is 34.0 Å². The lowest BCUT2D eigenvalue weighted by Crippen LogP contribution is -2.29. The van der Waals surface area contributed by atoms with E-state index in [4.69, 9.17) is 10.4 Å². The fourth-order valence-electron chi connectivity index (χ4n) is 2.87. The Balaban J connectivity index is 1.90. The van der Waals surface area contributed by atoms with Crippen LogP contribution < -0.4 is 5.32 Å². The molecule has 3 rings (SSSR count). The average Bonchev–Trinajstić information content (AvgIpc) is 3.41. The van der Waals surface area contributed by atoms with Crippen LogP contribution in [-0.2, 0) is 11.4 Å². The van der Waals surface area contributed by atoms with Crippen molar-refractivity contribution in [2.24, 2.45) is 0 Å². The summed E-state index contributed by atoms with van der Waals surface area (Å²) in [5.41, 5.74) is 3.77. The van der Waals surface area contributed by atoms with E-state index >= 15 is 0 Å². The first-order valence-corrected chi connectivity index (χ1v) is 11.1. The van der Waals surface area contributed by atoms with E-state index in [1.54, 1.807) is 41.5 Å². The maximum atomic E-state index is 11.8. The summed E-state index contributed by atoms with van der Waals surface area (Å²) in [6, 6.07) is 2.21. The van der Waals surface area contributed by atoms with Crippen LogP contribution in [0, 0.1) is 5.41 Å². The Labute approximate surface area is 179 Å². The van der Waals surface area contributed by atoms with Gasteiger partial charge in [0.05, 0.1) is 42.0 Å². The van der Waals surface area contributed by atoms with Gasteiger partial charge in [0.1, 0.15) is 5.75 Å². The second kappa shape index (κ2) is 9.88. The lowest BCUT2D eigenvalue weighted by Gasteiger charge is -2.15. The Hall–Kier alpha value is -2.69. The van der Waals surface area contributed by atoms with Crippen molar-refractivity contribution < 1.29 is 4.55 Å². The normalized spacial score (nSPS) is 14.3. The average molecular weight is 429 g/mol. The fraction of sp³-hybridized carbons (Fsp3) is 0.400. The topological polar surface area (TPSA) is 110 Å². The number of hydrogen-bond acceptors (Lipinski definition) is 7. The number of rotatable bonds is 10. The predicted octanol–water partition coefficient (Wildman–Crippen LogP) is 2.37. The summed E-state index contributed by atoms with van der Waals surface area (Å²) in [7, 11) is 3.56. The second-order valence-electron chi connectivity index (χ2n) is 7.14. The molecular weight excluding hydrogens is 400 g/mol. The van der Waals surface area contributed by atoms with Gasteiger partial charge in [-0.25, -0.2) is 9.50 Å². The molecule has 0 fully saturated rings. The van der Waals surface area contributed by atoms with Crippen LogP contribution in [0.1, 0.15) is 32.0 Å². The van der Waals surface area contributed by atoms with Crippen LogP contribution in [0.5, 0.6) is 0 Å². The highest BCUT2D eigenvalue weighted by atomic mass is 32.2. The molecular formula is C20H28N8OS. The molecule has 0 radical (unpaired) electrons. The molecule has 10 heteroatoms. The van der Waals surface area contributed by atoms with E-state index in [1.165, 1.54) is 6.21 Å². The molecule has 0 bridgehead atoms. The lowest BCUT2D eigenvalue weighted by molar-refractivity contribution is 0.478. The number of aromatic nitrogens is 5. The van der Waals surface area contributed by atoms with Crippen molar-refractivity contribution in [3.63, 3.8) is 0 Å². The van der Waals surface area contributed by atoms with E-state index in [9.17, 15) is 4.55 Å². The summed E-state index contributed by atoms with van der Waals surface area (Å²) in [5, 5.41) is 19.8. The molecule has 0 aliphatic carbocycles. The second-order valence-corrected chi connectivity index (χ2v) is 8.92. The first-order chi connectivity index (χ1) is 14.4. The van der Waals surface area contributed by atoms with E-state index in [0.717, 1.165) is 23.2 Å². The van der Waals surface area contributed by atoms with Gasteiger partial charge in [0.25, 0.3) is 0 Å². The summed E-state index contributed by atoms with van der Waals surface area (Å²) in [6.07, 6.45) is 11.3. The van der Waals surface area contributed by atoms with Gasteiger partial charge in [-0.3, -0.25) is 4.68 Å². The van der Waals surface area contributed by atoms with Gasteiger partial charge >= 0.3 is 0 Å². The molecule has 0 saturated carbocycles. The van der Waals surface area contributed by atoms with Crippen molar-refractivity contribution in [2.75, 3.05) is 26.4 Å². The van der Waals surface area contributed by atoms with Gasteiger partial charge in [0.2, 0.25) is 0 Å². The Kier molecular flexibility index (Phi) is 7.24. The molecule has 2 N–H and O–H groups in total. The van der Waals surface area contributed by atoms with E-state index in [1.807, 2.05) is 23.1 Å². The first-order valence-electron chi connectivity index (χ1n) is 9.83. The largest absolute Gasteiger partial charge is 0.598 e. The highest BCUT2D eigenvalue weighted by molar-refractivity contribution is 7.89. The molecule has 0 aliphatic heterocycles. The summed E-state index contributed by atoms with van der Waals surface area (Å²) < 4.78 is 17.2. The van der Waals surface area contributed by atoms with Gasteiger partial charge in [0.15, 0.2) is 0 Å².